The molecule has 0 amide bonds. The van der Waals surface area contributed by atoms with Crippen LogP contribution in [-0.4, -0.2) is 47.1 Å². The van der Waals surface area contributed by atoms with Crippen molar-refractivity contribution in [1.29, 1.82) is 0 Å². The van der Waals surface area contributed by atoms with Crippen LogP contribution in [0.1, 0.15) is 38.5 Å². The van der Waals surface area contributed by atoms with Crippen molar-refractivity contribution in [2.24, 2.45) is 11.8 Å². The van der Waals surface area contributed by atoms with Crippen molar-refractivity contribution in [3.05, 3.63) is 18.6 Å². The Morgan fingerprint density at radius 3 is 2.65 bits per heavy atom. The van der Waals surface area contributed by atoms with Gasteiger partial charge in [0.25, 0.3) is 0 Å². The second kappa shape index (κ2) is 6.02. The van der Waals surface area contributed by atoms with E-state index in [1.165, 1.54) is 0 Å². The van der Waals surface area contributed by atoms with Gasteiger partial charge in [-0.3, -0.25) is 4.98 Å². The van der Waals surface area contributed by atoms with Gasteiger partial charge in [-0.1, -0.05) is 12.8 Å². The molecule has 0 aromatic carbocycles. The lowest BCUT2D eigenvalue weighted by atomic mass is 9.98. The molecule has 2 saturated carbocycles. The lowest BCUT2D eigenvalue weighted by Crippen LogP contribution is -2.38. The van der Waals surface area contributed by atoms with Crippen molar-refractivity contribution in [1.82, 2.24) is 14.3 Å². The summed E-state index contributed by atoms with van der Waals surface area (Å²) < 4.78 is 27.4. The Balaban J connectivity index is 1.45. The first-order valence-electron chi connectivity index (χ1n) is 8.66. The van der Waals surface area contributed by atoms with Gasteiger partial charge >= 0.3 is 0 Å². The zero-order valence-corrected chi connectivity index (χ0v) is 14.1. The lowest BCUT2D eigenvalue weighted by molar-refractivity contribution is 0.428. The third-order valence-corrected chi connectivity index (χ3v) is 8.13. The molecule has 1 aliphatic heterocycles. The SMILES string of the molecule is O=S(=O)(C1CCCC1)N1C[C@H]2CC[C@@H](Nc3cnccn3)[C@H]2C1. The van der Waals surface area contributed by atoms with E-state index >= 15 is 0 Å². The molecule has 7 heteroatoms. The van der Waals surface area contributed by atoms with E-state index in [2.05, 4.69) is 15.3 Å². The van der Waals surface area contributed by atoms with Crippen molar-refractivity contribution in [3.63, 3.8) is 0 Å². The highest BCUT2D eigenvalue weighted by Gasteiger charge is 2.47. The van der Waals surface area contributed by atoms with Gasteiger partial charge in [0, 0.05) is 31.5 Å². The van der Waals surface area contributed by atoms with Gasteiger partial charge in [0.05, 0.1) is 11.4 Å². The lowest BCUT2D eigenvalue weighted by Gasteiger charge is -2.24. The molecule has 3 atom stereocenters. The summed E-state index contributed by atoms with van der Waals surface area (Å²) in [6.07, 6.45) is 11.1. The average molecular weight is 336 g/mol. The van der Waals surface area contributed by atoms with E-state index in [1.807, 2.05) is 0 Å². The summed E-state index contributed by atoms with van der Waals surface area (Å²) in [6.45, 7) is 1.38. The fourth-order valence-corrected chi connectivity index (χ4v) is 6.70. The number of hydrogen-bond acceptors (Lipinski definition) is 5. The van der Waals surface area contributed by atoms with E-state index in [0.717, 1.165) is 44.3 Å². The predicted octanol–water partition coefficient (Wildman–Crippen LogP) is 1.87. The minimum absolute atomic E-state index is 0.132. The van der Waals surface area contributed by atoms with Crippen LogP contribution in [0.25, 0.3) is 0 Å². The normalized spacial score (nSPS) is 32.3. The number of nitrogens with one attached hydrogen (secondary N) is 1. The standard InChI is InChI=1S/C16H24N4O2S/c21-23(22,13-3-1-2-4-13)20-10-12-5-6-15(14(12)11-20)19-16-9-17-7-8-18-16/h7-9,12-15H,1-6,10-11H2,(H,18,19)/t12-,14+,15-/m1/s1. The molecular formula is C16H24N4O2S. The summed E-state index contributed by atoms with van der Waals surface area (Å²) in [6, 6.07) is 0.306. The molecule has 3 fully saturated rings. The van der Waals surface area contributed by atoms with Crippen LogP contribution in [0.5, 0.6) is 0 Å². The Bertz CT molecular complexity index is 645. The van der Waals surface area contributed by atoms with Crippen molar-refractivity contribution in [2.45, 2.75) is 49.8 Å². The zero-order chi connectivity index (χ0) is 15.9. The number of fused-ring (bicyclic) bond motifs is 1. The second-order valence-electron chi connectivity index (χ2n) is 7.11. The molecule has 1 N–H and O–H groups in total. The molecule has 4 rings (SSSR count). The van der Waals surface area contributed by atoms with E-state index in [4.69, 9.17) is 0 Å². The van der Waals surface area contributed by atoms with Crippen molar-refractivity contribution in [2.75, 3.05) is 18.4 Å². The fourth-order valence-electron chi connectivity index (χ4n) is 4.57. The number of aromatic nitrogens is 2. The second-order valence-corrected chi connectivity index (χ2v) is 9.32. The van der Waals surface area contributed by atoms with Crippen LogP contribution in [0.4, 0.5) is 5.82 Å². The first-order chi connectivity index (χ1) is 11.1. The highest BCUT2D eigenvalue weighted by Crippen LogP contribution is 2.41. The summed E-state index contributed by atoms with van der Waals surface area (Å²) in [7, 11) is -3.10. The third-order valence-electron chi connectivity index (χ3n) is 5.80. The number of sulfonamides is 1. The van der Waals surface area contributed by atoms with Crippen LogP contribution < -0.4 is 5.32 Å². The van der Waals surface area contributed by atoms with Gasteiger partial charge in [-0.2, -0.15) is 0 Å². The number of hydrogen-bond donors (Lipinski definition) is 1. The Morgan fingerprint density at radius 2 is 1.91 bits per heavy atom. The summed E-state index contributed by atoms with van der Waals surface area (Å²) in [4.78, 5) is 8.37. The molecule has 3 aliphatic rings. The first kappa shape index (κ1) is 15.3. The molecule has 2 aliphatic carbocycles. The fraction of sp³-hybridized carbons (Fsp3) is 0.750. The molecule has 0 bridgehead atoms. The topological polar surface area (TPSA) is 75.2 Å². The Kier molecular flexibility index (Phi) is 4.01. The van der Waals surface area contributed by atoms with Gasteiger partial charge in [0.15, 0.2) is 0 Å². The minimum atomic E-state index is -3.10. The number of rotatable bonds is 4. The summed E-state index contributed by atoms with van der Waals surface area (Å²) >= 11 is 0. The Morgan fingerprint density at radius 1 is 1.09 bits per heavy atom. The van der Waals surface area contributed by atoms with Gasteiger partial charge in [-0.05, 0) is 37.5 Å². The molecule has 1 aromatic rings. The summed E-state index contributed by atoms with van der Waals surface area (Å²) in [5.74, 6) is 1.67. The van der Waals surface area contributed by atoms with Gasteiger partial charge in [-0.15, -0.1) is 0 Å². The molecule has 2 heterocycles. The van der Waals surface area contributed by atoms with Gasteiger partial charge in [0.1, 0.15) is 5.82 Å². The first-order valence-corrected chi connectivity index (χ1v) is 10.2. The van der Waals surface area contributed by atoms with Gasteiger partial charge < -0.3 is 5.32 Å². The maximum absolute atomic E-state index is 12.8. The highest BCUT2D eigenvalue weighted by atomic mass is 32.2. The largest absolute Gasteiger partial charge is 0.366 e. The number of anilines is 1. The molecule has 23 heavy (non-hydrogen) atoms. The van der Waals surface area contributed by atoms with E-state index in [0.29, 0.717) is 31.0 Å². The predicted molar refractivity (Wildman–Crippen MR) is 88.4 cm³/mol. The minimum Gasteiger partial charge on any atom is -0.366 e. The van der Waals surface area contributed by atoms with Crippen LogP contribution in [0.3, 0.4) is 0 Å². The van der Waals surface area contributed by atoms with Crippen LogP contribution in [0.2, 0.25) is 0 Å². The van der Waals surface area contributed by atoms with Crippen molar-refractivity contribution >= 4 is 15.8 Å². The van der Waals surface area contributed by atoms with Crippen LogP contribution in [0.15, 0.2) is 18.6 Å². The molecule has 6 nitrogen and oxygen atoms in total. The molecule has 0 spiro atoms. The Labute approximate surface area is 137 Å². The zero-order valence-electron chi connectivity index (χ0n) is 13.3. The highest BCUT2D eigenvalue weighted by molar-refractivity contribution is 7.89. The van der Waals surface area contributed by atoms with E-state index < -0.39 is 10.0 Å². The summed E-state index contributed by atoms with van der Waals surface area (Å²) in [5.41, 5.74) is 0. The molecular weight excluding hydrogens is 312 g/mol. The molecule has 1 saturated heterocycles. The average Bonchev–Trinajstić information content (AvgIpc) is 3.26. The van der Waals surface area contributed by atoms with E-state index in [-0.39, 0.29) is 5.25 Å². The monoisotopic (exact) mass is 336 g/mol. The van der Waals surface area contributed by atoms with Crippen LogP contribution >= 0.6 is 0 Å². The quantitative estimate of drug-likeness (QED) is 0.908. The van der Waals surface area contributed by atoms with E-state index in [1.54, 1.807) is 22.9 Å². The molecule has 1 aromatic heterocycles. The summed E-state index contributed by atoms with van der Waals surface area (Å²) in [5, 5.41) is 3.33. The Hall–Kier alpha value is -1.21. The maximum atomic E-state index is 12.8. The van der Waals surface area contributed by atoms with Crippen molar-refractivity contribution in [3.8, 4) is 0 Å². The maximum Gasteiger partial charge on any atom is 0.216 e. The molecule has 0 radical (unpaired) electrons. The van der Waals surface area contributed by atoms with Crippen LogP contribution in [-0.2, 0) is 10.0 Å². The smallest absolute Gasteiger partial charge is 0.216 e. The molecule has 126 valence electrons. The number of nitrogens with zero attached hydrogens (tertiary/aromatic N) is 3. The third kappa shape index (κ3) is 2.85. The van der Waals surface area contributed by atoms with E-state index in [9.17, 15) is 8.42 Å². The van der Waals surface area contributed by atoms with Crippen molar-refractivity contribution < 1.29 is 8.42 Å². The molecule has 0 unspecified atom stereocenters. The van der Waals surface area contributed by atoms with Gasteiger partial charge in [0.2, 0.25) is 10.0 Å². The van der Waals surface area contributed by atoms with Gasteiger partial charge in [-0.25, -0.2) is 17.7 Å². The van der Waals surface area contributed by atoms with Crippen LogP contribution in [0, 0.1) is 11.8 Å².